The van der Waals surface area contributed by atoms with Crippen molar-refractivity contribution in [3.05, 3.63) is 38.6 Å². The maximum atomic E-state index is 11.5. The molecular weight excluding hydrogens is 284 g/mol. The van der Waals surface area contributed by atoms with Crippen molar-refractivity contribution in [2.75, 3.05) is 0 Å². The summed E-state index contributed by atoms with van der Waals surface area (Å²) in [5.74, 6) is 0.184. The highest BCUT2D eigenvalue weighted by atomic mass is 32.2. The van der Waals surface area contributed by atoms with E-state index in [1.807, 2.05) is 0 Å². The normalized spacial score (nSPS) is 14.5. The summed E-state index contributed by atoms with van der Waals surface area (Å²) in [5.41, 5.74) is -0.159. The van der Waals surface area contributed by atoms with Crippen LogP contribution in [0.25, 0.3) is 0 Å². The van der Waals surface area contributed by atoms with E-state index in [2.05, 4.69) is 9.97 Å². The van der Waals surface area contributed by atoms with Gasteiger partial charge in [-0.2, -0.15) is 0 Å². The van der Waals surface area contributed by atoms with E-state index in [9.17, 15) is 9.59 Å². The molecule has 2 heterocycles. The molecule has 5 nitrogen and oxygen atoms in total. The van der Waals surface area contributed by atoms with Gasteiger partial charge in [0.2, 0.25) is 0 Å². The summed E-state index contributed by atoms with van der Waals surface area (Å²) in [7, 11) is 0. The van der Waals surface area contributed by atoms with Gasteiger partial charge in [-0.1, -0.05) is 11.8 Å². The molecule has 2 N–H and O–H groups in total. The SMILES string of the molecule is O=C(O)c1cc(Sc2cc(=O)[nH]c(C3CC3)n2)cs1. The van der Waals surface area contributed by atoms with Crippen LogP contribution in [0.1, 0.15) is 34.3 Å². The molecule has 1 aliphatic carbocycles. The Balaban J connectivity index is 1.85. The van der Waals surface area contributed by atoms with Gasteiger partial charge >= 0.3 is 5.97 Å². The van der Waals surface area contributed by atoms with Crippen molar-refractivity contribution in [2.24, 2.45) is 0 Å². The first kappa shape index (κ1) is 12.4. The van der Waals surface area contributed by atoms with E-state index in [0.717, 1.165) is 23.6 Å². The van der Waals surface area contributed by atoms with Gasteiger partial charge in [-0.25, -0.2) is 9.78 Å². The van der Waals surface area contributed by atoms with Crippen LogP contribution in [0.2, 0.25) is 0 Å². The molecule has 0 spiro atoms. The van der Waals surface area contributed by atoms with Crippen LogP contribution in [-0.2, 0) is 0 Å². The first-order valence-corrected chi connectivity index (χ1v) is 7.42. The van der Waals surface area contributed by atoms with Gasteiger partial charge in [-0.15, -0.1) is 11.3 Å². The fourth-order valence-corrected chi connectivity index (χ4v) is 3.41. The van der Waals surface area contributed by atoms with Crippen molar-refractivity contribution in [3.63, 3.8) is 0 Å². The summed E-state index contributed by atoms with van der Waals surface area (Å²) in [6.07, 6.45) is 2.14. The molecule has 0 bridgehead atoms. The first-order valence-electron chi connectivity index (χ1n) is 5.73. The second kappa shape index (κ2) is 4.82. The molecule has 0 radical (unpaired) electrons. The Morgan fingerprint density at radius 1 is 1.47 bits per heavy atom. The summed E-state index contributed by atoms with van der Waals surface area (Å²) in [5, 5.41) is 11.2. The molecule has 2 aromatic rings. The van der Waals surface area contributed by atoms with Crippen molar-refractivity contribution in [1.29, 1.82) is 0 Å². The number of nitrogens with one attached hydrogen (secondary N) is 1. The van der Waals surface area contributed by atoms with E-state index in [1.54, 1.807) is 11.4 Å². The van der Waals surface area contributed by atoms with Gasteiger partial charge in [-0.3, -0.25) is 4.79 Å². The van der Waals surface area contributed by atoms with Crippen molar-refractivity contribution in [3.8, 4) is 0 Å². The molecule has 0 unspecified atom stereocenters. The zero-order valence-corrected chi connectivity index (χ0v) is 11.4. The third-order valence-electron chi connectivity index (χ3n) is 2.71. The Bertz CT molecular complexity index is 688. The van der Waals surface area contributed by atoms with Gasteiger partial charge in [0.1, 0.15) is 15.7 Å². The number of aromatic carboxylic acids is 1. The predicted molar refractivity (Wildman–Crippen MR) is 72.2 cm³/mol. The van der Waals surface area contributed by atoms with Gasteiger partial charge in [0.05, 0.1) is 0 Å². The van der Waals surface area contributed by atoms with Crippen LogP contribution in [0.5, 0.6) is 0 Å². The Kier molecular flexibility index (Phi) is 3.16. The van der Waals surface area contributed by atoms with Crippen LogP contribution >= 0.6 is 23.1 Å². The number of hydrogen-bond donors (Lipinski definition) is 2. The molecule has 1 saturated carbocycles. The standard InChI is InChI=1S/C12H10N2O3S2/c15-9-4-10(14-11(13-9)6-1-2-6)19-7-3-8(12(16)17)18-5-7/h3-6H,1-2H2,(H,16,17)(H,13,14,15). The average Bonchev–Trinajstić information content (AvgIpc) is 3.09. The largest absolute Gasteiger partial charge is 0.477 e. The van der Waals surface area contributed by atoms with Gasteiger partial charge < -0.3 is 10.1 Å². The number of hydrogen-bond acceptors (Lipinski definition) is 5. The number of aromatic nitrogens is 2. The summed E-state index contributed by atoms with van der Waals surface area (Å²) < 4.78 is 0. The minimum Gasteiger partial charge on any atom is -0.477 e. The van der Waals surface area contributed by atoms with Crippen LogP contribution in [0.3, 0.4) is 0 Å². The highest BCUT2D eigenvalue weighted by molar-refractivity contribution is 7.99. The minimum atomic E-state index is -0.936. The van der Waals surface area contributed by atoms with Gasteiger partial charge in [0.15, 0.2) is 0 Å². The Labute approximate surface area is 116 Å². The lowest BCUT2D eigenvalue weighted by Crippen LogP contribution is -2.09. The summed E-state index contributed by atoms with van der Waals surface area (Å²) in [4.78, 5) is 30.6. The lowest BCUT2D eigenvalue weighted by atomic mass is 10.4. The van der Waals surface area contributed by atoms with Crippen molar-refractivity contribution < 1.29 is 9.90 Å². The number of nitrogens with zero attached hydrogens (tertiary/aromatic N) is 1. The van der Waals surface area contributed by atoms with Crippen LogP contribution in [0.4, 0.5) is 0 Å². The highest BCUT2D eigenvalue weighted by Crippen LogP contribution is 2.38. The Hall–Kier alpha value is -1.60. The summed E-state index contributed by atoms with van der Waals surface area (Å²) >= 11 is 2.49. The van der Waals surface area contributed by atoms with Crippen LogP contribution in [0, 0.1) is 0 Å². The molecule has 3 rings (SSSR count). The smallest absolute Gasteiger partial charge is 0.345 e. The Morgan fingerprint density at radius 3 is 2.89 bits per heavy atom. The van der Waals surface area contributed by atoms with Crippen LogP contribution in [-0.4, -0.2) is 21.0 Å². The third kappa shape index (κ3) is 2.87. The molecule has 0 amide bonds. The van der Waals surface area contributed by atoms with E-state index in [1.165, 1.54) is 29.2 Å². The quantitative estimate of drug-likeness (QED) is 0.847. The number of carbonyl (C=O) groups is 1. The van der Waals surface area contributed by atoms with E-state index in [0.29, 0.717) is 10.9 Å². The van der Waals surface area contributed by atoms with Crippen LogP contribution in [0.15, 0.2) is 32.2 Å². The van der Waals surface area contributed by atoms with Gasteiger partial charge in [0, 0.05) is 22.3 Å². The Morgan fingerprint density at radius 2 is 2.26 bits per heavy atom. The molecule has 0 aliphatic heterocycles. The molecule has 1 fully saturated rings. The van der Waals surface area contributed by atoms with Gasteiger partial charge in [-0.05, 0) is 18.9 Å². The first-order chi connectivity index (χ1) is 9.11. The zero-order valence-electron chi connectivity index (χ0n) is 9.75. The summed E-state index contributed by atoms with van der Waals surface area (Å²) in [6.45, 7) is 0. The molecule has 98 valence electrons. The molecule has 0 atom stereocenters. The zero-order chi connectivity index (χ0) is 13.4. The van der Waals surface area contributed by atoms with Crippen molar-refractivity contribution in [1.82, 2.24) is 9.97 Å². The highest BCUT2D eigenvalue weighted by Gasteiger charge is 2.26. The van der Waals surface area contributed by atoms with Crippen molar-refractivity contribution >= 4 is 29.1 Å². The predicted octanol–water partition coefficient (Wildman–Crippen LogP) is 2.56. The van der Waals surface area contributed by atoms with Crippen LogP contribution < -0.4 is 5.56 Å². The number of rotatable bonds is 4. The number of carboxylic acid groups (broad SMARTS) is 1. The van der Waals surface area contributed by atoms with E-state index < -0.39 is 5.97 Å². The molecule has 7 heteroatoms. The third-order valence-corrected chi connectivity index (χ3v) is 4.67. The summed E-state index contributed by atoms with van der Waals surface area (Å²) in [6, 6.07) is 3.03. The number of carboxylic acids is 1. The number of aromatic amines is 1. The monoisotopic (exact) mass is 294 g/mol. The van der Waals surface area contributed by atoms with Gasteiger partial charge in [0.25, 0.3) is 5.56 Å². The fourth-order valence-electron chi connectivity index (χ4n) is 1.66. The maximum absolute atomic E-state index is 11.5. The second-order valence-electron chi connectivity index (χ2n) is 4.30. The lowest BCUT2D eigenvalue weighted by Gasteiger charge is -2.01. The molecule has 0 saturated heterocycles. The minimum absolute atomic E-state index is 0.159. The van der Waals surface area contributed by atoms with E-state index in [-0.39, 0.29) is 10.4 Å². The topological polar surface area (TPSA) is 83.0 Å². The molecule has 0 aromatic carbocycles. The molecule has 1 aliphatic rings. The number of H-pyrrole nitrogens is 1. The fraction of sp³-hybridized carbons (Fsp3) is 0.250. The molecular formula is C12H10N2O3S2. The van der Waals surface area contributed by atoms with E-state index >= 15 is 0 Å². The average molecular weight is 294 g/mol. The lowest BCUT2D eigenvalue weighted by molar-refractivity contribution is 0.0702. The van der Waals surface area contributed by atoms with E-state index in [4.69, 9.17) is 5.11 Å². The maximum Gasteiger partial charge on any atom is 0.345 e. The second-order valence-corrected chi connectivity index (χ2v) is 6.30. The molecule has 19 heavy (non-hydrogen) atoms. The van der Waals surface area contributed by atoms with Crippen molar-refractivity contribution in [2.45, 2.75) is 28.7 Å². The number of thiophene rings is 1. The molecule has 2 aromatic heterocycles.